The molecule has 2 aliphatic heterocycles. The molecule has 0 bridgehead atoms. The average molecular weight is 433 g/mol. The van der Waals surface area contributed by atoms with Crippen LogP contribution in [0.2, 0.25) is 0 Å². The summed E-state index contributed by atoms with van der Waals surface area (Å²) in [6.07, 6.45) is 0.767. The highest BCUT2D eigenvalue weighted by Crippen LogP contribution is 2.48. The number of fused-ring (bicyclic) bond motifs is 2. The van der Waals surface area contributed by atoms with E-state index in [0.29, 0.717) is 11.4 Å². The second kappa shape index (κ2) is 7.81. The molecule has 0 aromatic heterocycles. The van der Waals surface area contributed by atoms with Gasteiger partial charge in [-0.25, -0.2) is 8.42 Å². The van der Waals surface area contributed by atoms with Crippen molar-refractivity contribution in [2.45, 2.75) is 43.2 Å². The molecule has 1 N–H and O–H groups in total. The van der Waals surface area contributed by atoms with Gasteiger partial charge >= 0.3 is 0 Å². The molecule has 0 spiro atoms. The second-order valence-corrected chi connectivity index (χ2v) is 10.6. The first-order chi connectivity index (χ1) is 15.0. The molecular formula is C26H28N2O2S. The van der Waals surface area contributed by atoms with Gasteiger partial charge in [-0.2, -0.15) is 4.31 Å². The van der Waals surface area contributed by atoms with Crippen LogP contribution in [0.25, 0.3) is 0 Å². The molecule has 160 valence electrons. The van der Waals surface area contributed by atoms with E-state index in [4.69, 9.17) is 0 Å². The minimum absolute atomic E-state index is 0.0744. The Bertz CT molecular complexity index is 1180. The van der Waals surface area contributed by atoms with Gasteiger partial charge in [0.15, 0.2) is 0 Å². The number of para-hydroxylation sites is 1. The Morgan fingerprint density at radius 2 is 1.61 bits per heavy atom. The third kappa shape index (κ3) is 3.36. The van der Waals surface area contributed by atoms with Crippen LogP contribution in [-0.2, 0) is 10.0 Å². The van der Waals surface area contributed by atoms with Gasteiger partial charge in [-0.05, 0) is 42.7 Å². The summed E-state index contributed by atoms with van der Waals surface area (Å²) in [6, 6.07) is 26.1. The summed E-state index contributed by atoms with van der Waals surface area (Å²) < 4.78 is 29.1. The van der Waals surface area contributed by atoms with Gasteiger partial charge in [0, 0.05) is 36.2 Å². The third-order valence-corrected chi connectivity index (χ3v) is 8.79. The number of nitrogens with zero attached hydrogens (tertiary/aromatic N) is 1. The highest BCUT2D eigenvalue weighted by molar-refractivity contribution is 7.89. The van der Waals surface area contributed by atoms with Crippen LogP contribution in [0.5, 0.6) is 0 Å². The topological polar surface area (TPSA) is 49.4 Å². The normalized spacial score (nSPS) is 25.5. The SMILES string of the molecule is CC[C@H]1[C@@H]2Nc3ccccc3[C@H](c3ccccc3)[C@H]2CN1S(=O)(=O)c1ccc(C)cc1. The van der Waals surface area contributed by atoms with Gasteiger partial charge in [-0.1, -0.05) is 73.2 Å². The van der Waals surface area contributed by atoms with Crippen LogP contribution in [-0.4, -0.2) is 31.4 Å². The van der Waals surface area contributed by atoms with Crippen molar-refractivity contribution in [2.24, 2.45) is 5.92 Å². The number of rotatable bonds is 4. The second-order valence-electron chi connectivity index (χ2n) is 8.67. The monoisotopic (exact) mass is 432 g/mol. The summed E-state index contributed by atoms with van der Waals surface area (Å²) in [4.78, 5) is 0.379. The fourth-order valence-electron chi connectivity index (χ4n) is 5.41. The van der Waals surface area contributed by atoms with Crippen molar-refractivity contribution in [3.8, 4) is 0 Å². The molecule has 0 radical (unpaired) electrons. The predicted molar refractivity (Wildman–Crippen MR) is 125 cm³/mol. The number of hydrogen-bond acceptors (Lipinski definition) is 3. The van der Waals surface area contributed by atoms with E-state index in [-0.39, 0.29) is 23.9 Å². The Morgan fingerprint density at radius 1 is 0.935 bits per heavy atom. The Kier molecular flexibility index (Phi) is 5.11. The maximum atomic E-state index is 13.7. The predicted octanol–water partition coefficient (Wildman–Crippen LogP) is 5.02. The van der Waals surface area contributed by atoms with E-state index in [1.807, 2.05) is 31.2 Å². The highest BCUT2D eigenvalue weighted by atomic mass is 32.2. The largest absolute Gasteiger partial charge is 0.380 e. The zero-order chi connectivity index (χ0) is 21.6. The number of hydrogen-bond donors (Lipinski definition) is 1. The van der Waals surface area contributed by atoms with E-state index in [1.165, 1.54) is 11.1 Å². The van der Waals surface area contributed by atoms with Crippen LogP contribution in [0.1, 0.15) is 36.0 Å². The number of aryl methyl sites for hydroxylation is 1. The smallest absolute Gasteiger partial charge is 0.243 e. The van der Waals surface area contributed by atoms with Gasteiger partial charge in [0.05, 0.1) is 4.90 Å². The average Bonchev–Trinajstić information content (AvgIpc) is 3.17. The van der Waals surface area contributed by atoms with Crippen molar-refractivity contribution in [1.29, 1.82) is 0 Å². The summed E-state index contributed by atoms with van der Waals surface area (Å²) in [5.41, 5.74) is 4.67. The lowest BCUT2D eigenvalue weighted by atomic mass is 9.74. The molecule has 4 atom stereocenters. The molecule has 31 heavy (non-hydrogen) atoms. The van der Waals surface area contributed by atoms with Crippen molar-refractivity contribution in [2.75, 3.05) is 11.9 Å². The van der Waals surface area contributed by atoms with Crippen LogP contribution in [0.4, 0.5) is 5.69 Å². The fourth-order valence-corrected chi connectivity index (χ4v) is 7.17. The lowest BCUT2D eigenvalue weighted by Crippen LogP contribution is -2.44. The first-order valence-electron chi connectivity index (χ1n) is 11.0. The molecule has 0 aliphatic carbocycles. The molecule has 1 saturated heterocycles. The molecule has 0 unspecified atom stereocenters. The van der Waals surface area contributed by atoms with Crippen LogP contribution < -0.4 is 5.32 Å². The number of nitrogens with one attached hydrogen (secondary N) is 1. The van der Waals surface area contributed by atoms with E-state index in [9.17, 15) is 8.42 Å². The summed E-state index contributed by atoms with van der Waals surface area (Å²) in [7, 11) is -3.57. The third-order valence-electron chi connectivity index (χ3n) is 6.89. The molecule has 0 saturated carbocycles. The summed E-state index contributed by atoms with van der Waals surface area (Å²) in [5.74, 6) is 0.332. The van der Waals surface area contributed by atoms with Gasteiger partial charge in [0.1, 0.15) is 0 Å². The van der Waals surface area contributed by atoms with Gasteiger partial charge in [-0.3, -0.25) is 0 Å². The Morgan fingerprint density at radius 3 is 2.32 bits per heavy atom. The molecule has 5 heteroatoms. The number of anilines is 1. The lowest BCUT2D eigenvalue weighted by molar-refractivity contribution is 0.369. The molecule has 0 amide bonds. The zero-order valence-electron chi connectivity index (χ0n) is 17.9. The molecule has 3 aromatic carbocycles. The van der Waals surface area contributed by atoms with Crippen LogP contribution in [0, 0.1) is 12.8 Å². The Balaban J connectivity index is 1.60. The van der Waals surface area contributed by atoms with Gasteiger partial charge in [0.2, 0.25) is 10.0 Å². The maximum absolute atomic E-state index is 13.7. The molecular weight excluding hydrogens is 404 g/mol. The van der Waals surface area contributed by atoms with Crippen molar-refractivity contribution in [1.82, 2.24) is 4.31 Å². The van der Waals surface area contributed by atoms with E-state index >= 15 is 0 Å². The highest BCUT2D eigenvalue weighted by Gasteiger charge is 2.51. The fraction of sp³-hybridized carbons (Fsp3) is 0.308. The van der Waals surface area contributed by atoms with Gasteiger partial charge < -0.3 is 5.32 Å². The van der Waals surface area contributed by atoms with Crippen molar-refractivity contribution in [3.63, 3.8) is 0 Å². The quantitative estimate of drug-likeness (QED) is 0.630. The number of sulfonamides is 1. The molecule has 4 nitrogen and oxygen atoms in total. The maximum Gasteiger partial charge on any atom is 0.243 e. The van der Waals surface area contributed by atoms with Crippen LogP contribution in [0.15, 0.2) is 83.8 Å². The van der Waals surface area contributed by atoms with E-state index in [1.54, 1.807) is 16.4 Å². The van der Waals surface area contributed by atoms with E-state index in [2.05, 4.69) is 54.7 Å². The minimum atomic E-state index is -3.57. The Hall–Kier alpha value is -2.63. The molecule has 2 heterocycles. The molecule has 5 rings (SSSR count). The lowest BCUT2D eigenvalue weighted by Gasteiger charge is -2.38. The molecule has 2 aliphatic rings. The summed E-state index contributed by atoms with van der Waals surface area (Å²) in [6.45, 7) is 4.58. The van der Waals surface area contributed by atoms with E-state index < -0.39 is 10.0 Å². The zero-order valence-corrected chi connectivity index (χ0v) is 18.7. The van der Waals surface area contributed by atoms with Crippen LogP contribution >= 0.6 is 0 Å². The molecule has 1 fully saturated rings. The standard InChI is InChI=1S/C26H28N2O2S/c1-3-24-26-22(17-28(24)31(29,30)20-15-13-18(2)14-16-20)25(19-9-5-4-6-10-19)21-11-7-8-12-23(21)27-26/h4-16,22,24-27H,3,17H2,1-2H3/t22-,24+,25+,26-/m1/s1. The summed E-state index contributed by atoms with van der Waals surface area (Å²) >= 11 is 0. The summed E-state index contributed by atoms with van der Waals surface area (Å²) in [5, 5.41) is 3.72. The first-order valence-corrected chi connectivity index (χ1v) is 12.4. The van der Waals surface area contributed by atoms with Crippen molar-refractivity contribution < 1.29 is 8.42 Å². The molecule has 3 aromatic rings. The van der Waals surface area contributed by atoms with Gasteiger partial charge in [0.25, 0.3) is 0 Å². The minimum Gasteiger partial charge on any atom is -0.380 e. The first kappa shape index (κ1) is 20.3. The Labute approximate surface area is 185 Å². The van der Waals surface area contributed by atoms with Crippen molar-refractivity contribution in [3.05, 3.63) is 95.6 Å². The van der Waals surface area contributed by atoms with Crippen molar-refractivity contribution >= 4 is 15.7 Å². The van der Waals surface area contributed by atoms with Crippen LogP contribution in [0.3, 0.4) is 0 Å². The van der Waals surface area contributed by atoms with E-state index in [0.717, 1.165) is 17.7 Å². The number of benzene rings is 3. The van der Waals surface area contributed by atoms with Gasteiger partial charge in [-0.15, -0.1) is 0 Å².